The van der Waals surface area contributed by atoms with Gasteiger partial charge in [-0.25, -0.2) is 4.99 Å². The molecule has 0 aromatic carbocycles. The summed E-state index contributed by atoms with van der Waals surface area (Å²) in [4.78, 5) is 7.90. The van der Waals surface area contributed by atoms with Gasteiger partial charge >= 0.3 is 0 Å². The first-order valence-corrected chi connectivity index (χ1v) is 4.63. The molecule has 2 heterocycles. The van der Waals surface area contributed by atoms with E-state index in [1.54, 1.807) is 0 Å². The van der Waals surface area contributed by atoms with Crippen molar-refractivity contribution in [2.45, 2.75) is 18.1 Å². The van der Waals surface area contributed by atoms with E-state index >= 15 is 0 Å². The lowest BCUT2D eigenvalue weighted by Gasteiger charge is -2.38. The molecule has 6 heteroatoms. The Labute approximate surface area is 82.2 Å². The van der Waals surface area contributed by atoms with Crippen molar-refractivity contribution in [1.29, 1.82) is 0 Å². The summed E-state index contributed by atoms with van der Waals surface area (Å²) in [5, 5.41) is 0. The average molecular weight is 197 g/mol. The molecular formula is C8H15N5O. The fraction of sp³-hybridized carbons (Fsp3) is 0.750. The zero-order chi connectivity index (χ0) is 10.2. The van der Waals surface area contributed by atoms with Crippen molar-refractivity contribution in [2.24, 2.45) is 33.1 Å². The van der Waals surface area contributed by atoms with Gasteiger partial charge in [0, 0.05) is 12.5 Å². The van der Waals surface area contributed by atoms with Crippen molar-refractivity contribution in [3.8, 4) is 0 Å². The van der Waals surface area contributed by atoms with E-state index in [0.717, 1.165) is 6.42 Å². The van der Waals surface area contributed by atoms with Crippen LogP contribution in [0.25, 0.3) is 0 Å². The van der Waals surface area contributed by atoms with Gasteiger partial charge in [-0.2, -0.15) is 0 Å². The first kappa shape index (κ1) is 9.57. The topological polar surface area (TPSA) is 112 Å². The molecule has 78 valence electrons. The van der Waals surface area contributed by atoms with E-state index in [0.29, 0.717) is 19.0 Å². The summed E-state index contributed by atoms with van der Waals surface area (Å²) in [6, 6.07) is 0. The number of aliphatic imine (C=N–C) groups is 2. The van der Waals surface area contributed by atoms with Crippen LogP contribution in [0.1, 0.15) is 6.42 Å². The van der Waals surface area contributed by atoms with E-state index in [9.17, 15) is 0 Å². The molecule has 3 unspecified atom stereocenters. The number of ether oxygens (including phenoxy) is 1. The Morgan fingerprint density at radius 2 is 2.36 bits per heavy atom. The number of rotatable bonds is 1. The molecule has 1 saturated heterocycles. The summed E-state index contributed by atoms with van der Waals surface area (Å²) >= 11 is 0. The highest BCUT2D eigenvalue weighted by atomic mass is 16.5. The zero-order valence-corrected chi connectivity index (χ0v) is 7.89. The lowest BCUT2D eigenvalue weighted by molar-refractivity contribution is 0.169. The van der Waals surface area contributed by atoms with Gasteiger partial charge < -0.3 is 21.9 Å². The standard InChI is InChI=1S/C8H15N5O/c9-6-8(11,5-1-2-14-3-5)7(10)13-4-12-6/h4-6H,1-3,9,11H2,(H2,10,12,13). The number of amidine groups is 1. The van der Waals surface area contributed by atoms with Crippen LogP contribution < -0.4 is 17.2 Å². The van der Waals surface area contributed by atoms with Crippen LogP contribution in [0.3, 0.4) is 0 Å². The Bertz CT molecular complexity index is 283. The molecule has 1 fully saturated rings. The van der Waals surface area contributed by atoms with Crippen LogP contribution in [0, 0.1) is 5.92 Å². The summed E-state index contributed by atoms with van der Waals surface area (Å²) in [5.74, 6) is 0.467. The highest BCUT2D eigenvalue weighted by molar-refractivity contribution is 5.97. The monoisotopic (exact) mass is 197 g/mol. The lowest BCUT2D eigenvalue weighted by Crippen LogP contribution is -2.68. The number of nitrogens with zero attached hydrogens (tertiary/aromatic N) is 2. The Hall–Kier alpha value is -0.980. The van der Waals surface area contributed by atoms with Crippen molar-refractivity contribution in [3.63, 3.8) is 0 Å². The SMILES string of the molecule is NC1=NC=NC(N)C1(N)C1CCOC1. The Morgan fingerprint density at radius 3 is 2.93 bits per heavy atom. The molecule has 2 rings (SSSR count). The first-order chi connectivity index (χ1) is 6.65. The van der Waals surface area contributed by atoms with E-state index in [1.807, 2.05) is 0 Å². The molecule has 2 aliphatic rings. The summed E-state index contributed by atoms with van der Waals surface area (Å²) in [6.45, 7) is 1.28. The zero-order valence-electron chi connectivity index (χ0n) is 7.89. The minimum Gasteiger partial charge on any atom is -0.385 e. The Kier molecular flexibility index (Phi) is 2.26. The van der Waals surface area contributed by atoms with E-state index in [4.69, 9.17) is 21.9 Å². The second kappa shape index (κ2) is 3.30. The summed E-state index contributed by atoms with van der Waals surface area (Å²) in [5.41, 5.74) is 17.0. The molecule has 0 amide bonds. The molecule has 3 atom stereocenters. The van der Waals surface area contributed by atoms with Crippen LogP contribution in [0.4, 0.5) is 0 Å². The molecule has 6 N–H and O–H groups in total. The maximum absolute atomic E-state index is 6.18. The second-order valence-electron chi connectivity index (χ2n) is 3.72. The van der Waals surface area contributed by atoms with Gasteiger partial charge in [0.05, 0.1) is 6.61 Å². The largest absolute Gasteiger partial charge is 0.385 e. The van der Waals surface area contributed by atoms with Crippen LogP contribution in [-0.2, 0) is 4.74 Å². The third kappa shape index (κ3) is 1.23. The molecule has 0 aliphatic carbocycles. The molecular weight excluding hydrogens is 182 g/mol. The maximum Gasteiger partial charge on any atom is 0.125 e. The quantitative estimate of drug-likeness (QED) is 0.470. The lowest BCUT2D eigenvalue weighted by atomic mass is 9.80. The molecule has 14 heavy (non-hydrogen) atoms. The molecule has 0 radical (unpaired) electrons. The molecule has 0 aromatic heterocycles. The maximum atomic E-state index is 6.18. The van der Waals surface area contributed by atoms with Crippen molar-refractivity contribution in [2.75, 3.05) is 13.2 Å². The Morgan fingerprint density at radius 1 is 1.57 bits per heavy atom. The van der Waals surface area contributed by atoms with Gasteiger partial charge in [0.1, 0.15) is 23.9 Å². The van der Waals surface area contributed by atoms with E-state index < -0.39 is 11.7 Å². The molecule has 0 saturated carbocycles. The third-order valence-corrected chi connectivity index (χ3v) is 2.96. The van der Waals surface area contributed by atoms with Crippen LogP contribution >= 0.6 is 0 Å². The third-order valence-electron chi connectivity index (χ3n) is 2.96. The van der Waals surface area contributed by atoms with Crippen molar-refractivity contribution in [3.05, 3.63) is 0 Å². The highest BCUT2D eigenvalue weighted by Gasteiger charge is 2.46. The van der Waals surface area contributed by atoms with Crippen LogP contribution in [0.2, 0.25) is 0 Å². The van der Waals surface area contributed by atoms with E-state index in [2.05, 4.69) is 9.98 Å². The molecule has 0 aromatic rings. The average Bonchev–Trinajstić information content (AvgIpc) is 2.67. The number of hydrogen-bond acceptors (Lipinski definition) is 6. The first-order valence-electron chi connectivity index (χ1n) is 4.63. The molecule has 0 bridgehead atoms. The van der Waals surface area contributed by atoms with E-state index in [-0.39, 0.29) is 5.92 Å². The van der Waals surface area contributed by atoms with Gasteiger partial charge in [0.15, 0.2) is 0 Å². The minimum atomic E-state index is -0.842. The summed E-state index contributed by atoms with van der Waals surface area (Å²) in [7, 11) is 0. The van der Waals surface area contributed by atoms with Crippen molar-refractivity contribution < 1.29 is 4.74 Å². The van der Waals surface area contributed by atoms with Gasteiger partial charge in [-0.1, -0.05) is 0 Å². The summed E-state index contributed by atoms with van der Waals surface area (Å²) < 4.78 is 5.27. The van der Waals surface area contributed by atoms with E-state index in [1.165, 1.54) is 6.34 Å². The van der Waals surface area contributed by atoms with Crippen LogP contribution in [-0.4, -0.2) is 37.1 Å². The molecule has 2 aliphatic heterocycles. The van der Waals surface area contributed by atoms with Gasteiger partial charge in [-0.05, 0) is 6.42 Å². The fourth-order valence-electron chi connectivity index (χ4n) is 1.92. The van der Waals surface area contributed by atoms with Crippen LogP contribution in [0.5, 0.6) is 0 Å². The van der Waals surface area contributed by atoms with Gasteiger partial charge in [-0.3, -0.25) is 4.99 Å². The fourth-order valence-corrected chi connectivity index (χ4v) is 1.92. The smallest absolute Gasteiger partial charge is 0.125 e. The molecule has 0 spiro atoms. The minimum absolute atomic E-state index is 0.110. The number of nitrogens with two attached hydrogens (primary N) is 3. The highest BCUT2D eigenvalue weighted by Crippen LogP contribution is 2.28. The van der Waals surface area contributed by atoms with Gasteiger partial charge in [-0.15, -0.1) is 0 Å². The predicted molar refractivity (Wildman–Crippen MR) is 53.9 cm³/mol. The predicted octanol–water partition coefficient (Wildman–Crippen LogP) is -1.60. The van der Waals surface area contributed by atoms with Crippen molar-refractivity contribution >= 4 is 12.2 Å². The summed E-state index contributed by atoms with van der Waals surface area (Å²) in [6.07, 6.45) is 1.70. The van der Waals surface area contributed by atoms with Crippen LogP contribution in [0.15, 0.2) is 9.98 Å². The molecule has 6 nitrogen and oxygen atoms in total. The second-order valence-corrected chi connectivity index (χ2v) is 3.72. The number of hydrogen-bond donors (Lipinski definition) is 3. The normalized spacial score (nSPS) is 42.6. The van der Waals surface area contributed by atoms with Gasteiger partial charge in [0.25, 0.3) is 0 Å². The Balaban J connectivity index is 2.27. The van der Waals surface area contributed by atoms with Gasteiger partial charge in [0.2, 0.25) is 0 Å². The van der Waals surface area contributed by atoms with Crippen molar-refractivity contribution in [1.82, 2.24) is 0 Å².